The molecule has 1 aliphatic rings. The van der Waals surface area contributed by atoms with Gasteiger partial charge in [0.1, 0.15) is 0 Å². The van der Waals surface area contributed by atoms with E-state index >= 15 is 0 Å². The Morgan fingerprint density at radius 3 is 2.64 bits per heavy atom. The summed E-state index contributed by atoms with van der Waals surface area (Å²) < 4.78 is 0. The van der Waals surface area contributed by atoms with Gasteiger partial charge in [0.15, 0.2) is 0 Å². The number of piperidine rings is 1. The second-order valence-corrected chi connectivity index (χ2v) is 7.23. The van der Waals surface area contributed by atoms with Crippen molar-refractivity contribution < 1.29 is 9.59 Å². The van der Waals surface area contributed by atoms with E-state index < -0.39 is 5.91 Å². The molecule has 2 heterocycles. The fourth-order valence-electron chi connectivity index (χ4n) is 3.85. The first-order chi connectivity index (χ1) is 13.6. The van der Waals surface area contributed by atoms with Gasteiger partial charge in [-0.3, -0.25) is 9.59 Å². The number of primary amides is 1. The van der Waals surface area contributed by atoms with Crippen LogP contribution in [0.5, 0.6) is 0 Å². The highest BCUT2D eigenvalue weighted by Gasteiger charge is 2.18. The van der Waals surface area contributed by atoms with Crippen molar-refractivity contribution in [2.75, 3.05) is 23.3 Å². The Balaban J connectivity index is 1.58. The molecule has 144 valence electrons. The standard InChI is InChI=1S/C22H24N4O2/c23-22(28)15-8-9-20(26-10-4-1-5-11-26)19(12-15)25-21(27)13-16-14-24-18-7-3-2-6-17(16)18/h2-3,6-9,12,14,24H,1,4-5,10-11,13H2,(H2,23,28)(H,25,27). The van der Waals surface area contributed by atoms with E-state index in [9.17, 15) is 9.59 Å². The van der Waals surface area contributed by atoms with Crippen molar-refractivity contribution in [1.82, 2.24) is 4.98 Å². The van der Waals surface area contributed by atoms with E-state index in [-0.39, 0.29) is 12.3 Å². The number of hydrogen-bond donors (Lipinski definition) is 3. The Kier molecular flexibility index (Phi) is 5.02. The summed E-state index contributed by atoms with van der Waals surface area (Å²) >= 11 is 0. The lowest BCUT2D eigenvalue weighted by Gasteiger charge is -2.30. The minimum absolute atomic E-state index is 0.121. The first kappa shape index (κ1) is 18.1. The molecule has 0 bridgehead atoms. The summed E-state index contributed by atoms with van der Waals surface area (Å²) in [6.07, 6.45) is 5.60. The average molecular weight is 376 g/mol. The monoisotopic (exact) mass is 376 g/mol. The lowest BCUT2D eigenvalue weighted by atomic mass is 10.1. The highest BCUT2D eigenvalue weighted by atomic mass is 16.2. The van der Waals surface area contributed by atoms with Crippen LogP contribution >= 0.6 is 0 Å². The van der Waals surface area contributed by atoms with Gasteiger partial charge in [-0.15, -0.1) is 0 Å². The second kappa shape index (κ2) is 7.76. The number of aromatic nitrogens is 1. The molecule has 0 radical (unpaired) electrons. The number of carbonyl (C=O) groups is 2. The molecule has 1 saturated heterocycles. The van der Waals surface area contributed by atoms with Crippen molar-refractivity contribution in [3.8, 4) is 0 Å². The first-order valence-corrected chi connectivity index (χ1v) is 9.65. The quantitative estimate of drug-likeness (QED) is 0.637. The number of aromatic amines is 1. The molecule has 1 fully saturated rings. The van der Waals surface area contributed by atoms with Crippen LogP contribution in [0.4, 0.5) is 11.4 Å². The maximum atomic E-state index is 12.8. The molecule has 28 heavy (non-hydrogen) atoms. The molecule has 3 aromatic rings. The second-order valence-electron chi connectivity index (χ2n) is 7.23. The van der Waals surface area contributed by atoms with Crippen molar-refractivity contribution in [2.45, 2.75) is 25.7 Å². The number of rotatable bonds is 5. The Morgan fingerprint density at radius 2 is 1.86 bits per heavy atom. The van der Waals surface area contributed by atoms with Crippen molar-refractivity contribution in [2.24, 2.45) is 5.73 Å². The number of nitrogens with zero attached hydrogens (tertiary/aromatic N) is 1. The molecule has 6 heteroatoms. The Labute approximate surface area is 163 Å². The lowest BCUT2D eigenvalue weighted by Crippen LogP contribution is -2.30. The number of fused-ring (bicyclic) bond motifs is 1. The molecule has 1 aliphatic heterocycles. The van der Waals surface area contributed by atoms with Crippen LogP contribution in [0.1, 0.15) is 35.2 Å². The van der Waals surface area contributed by atoms with Crippen LogP contribution in [-0.4, -0.2) is 29.9 Å². The Hall–Kier alpha value is -3.28. The van der Waals surface area contributed by atoms with E-state index in [1.807, 2.05) is 36.5 Å². The van der Waals surface area contributed by atoms with Gasteiger partial charge in [0, 0.05) is 35.8 Å². The molecule has 0 unspecified atom stereocenters. The van der Waals surface area contributed by atoms with E-state index in [1.54, 1.807) is 12.1 Å². The summed E-state index contributed by atoms with van der Waals surface area (Å²) in [5.41, 5.74) is 9.37. The molecule has 0 atom stereocenters. The van der Waals surface area contributed by atoms with Crippen LogP contribution in [-0.2, 0) is 11.2 Å². The fourth-order valence-corrected chi connectivity index (χ4v) is 3.85. The van der Waals surface area contributed by atoms with Crippen LogP contribution in [0.15, 0.2) is 48.7 Å². The molecular weight excluding hydrogens is 352 g/mol. The zero-order valence-electron chi connectivity index (χ0n) is 15.7. The number of hydrogen-bond acceptors (Lipinski definition) is 3. The third kappa shape index (κ3) is 3.71. The van der Waals surface area contributed by atoms with Gasteiger partial charge >= 0.3 is 0 Å². The summed E-state index contributed by atoms with van der Waals surface area (Å²) in [5.74, 6) is -0.623. The summed E-state index contributed by atoms with van der Waals surface area (Å²) in [4.78, 5) is 29.9. The molecule has 2 aromatic carbocycles. The van der Waals surface area contributed by atoms with Gasteiger partial charge in [-0.2, -0.15) is 0 Å². The number of nitrogens with one attached hydrogen (secondary N) is 2. The molecular formula is C22H24N4O2. The summed E-state index contributed by atoms with van der Waals surface area (Å²) in [6, 6.07) is 13.2. The molecule has 6 nitrogen and oxygen atoms in total. The Bertz CT molecular complexity index is 1020. The number of benzene rings is 2. The van der Waals surface area contributed by atoms with Crippen LogP contribution < -0.4 is 16.0 Å². The predicted molar refractivity (Wildman–Crippen MR) is 112 cm³/mol. The van der Waals surface area contributed by atoms with E-state index in [0.29, 0.717) is 11.3 Å². The normalized spacial score (nSPS) is 14.2. The maximum absolute atomic E-state index is 12.8. The van der Waals surface area contributed by atoms with Crippen molar-refractivity contribution in [3.63, 3.8) is 0 Å². The van der Waals surface area contributed by atoms with Crippen molar-refractivity contribution in [3.05, 3.63) is 59.8 Å². The SMILES string of the molecule is NC(=O)c1ccc(N2CCCCC2)c(NC(=O)Cc2c[nH]c3ccccc23)c1. The van der Waals surface area contributed by atoms with E-state index in [4.69, 9.17) is 5.73 Å². The van der Waals surface area contributed by atoms with Gasteiger partial charge in [0.25, 0.3) is 0 Å². The lowest BCUT2D eigenvalue weighted by molar-refractivity contribution is -0.115. The number of nitrogens with two attached hydrogens (primary N) is 1. The number of carbonyl (C=O) groups excluding carboxylic acids is 2. The van der Waals surface area contributed by atoms with E-state index in [1.165, 1.54) is 6.42 Å². The van der Waals surface area contributed by atoms with Gasteiger partial charge in [-0.05, 0) is 49.1 Å². The fraction of sp³-hybridized carbons (Fsp3) is 0.273. The molecule has 1 aromatic heterocycles. The smallest absolute Gasteiger partial charge is 0.248 e. The predicted octanol–water partition coefficient (Wildman–Crippen LogP) is 3.44. The van der Waals surface area contributed by atoms with Crippen LogP contribution in [0.25, 0.3) is 10.9 Å². The highest BCUT2D eigenvalue weighted by molar-refractivity contribution is 6.01. The van der Waals surface area contributed by atoms with Crippen LogP contribution in [0.2, 0.25) is 0 Å². The van der Waals surface area contributed by atoms with E-state index in [0.717, 1.165) is 48.1 Å². The van der Waals surface area contributed by atoms with Gasteiger partial charge in [0.2, 0.25) is 11.8 Å². The molecule has 4 N–H and O–H groups in total. The van der Waals surface area contributed by atoms with Gasteiger partial charge in [-0.25, -0.2) is 0 Å². The highest BCUT2D eigenvalue weighted by Crippen LogP contribution is 2.30. The van der Waals surface area contributed by atoms with Gasteiger partial charge in [-0.1, -0.05) is 18.2 Å². The van der Waals surface area contributed by atoms with Gasteiger partial charge < -0.3 is 20.9 Å². The third-order valence-electron chi connectivity index (χ3n) is 5.28. The number of H-pyrrole nitrogens is 1. The number of para-hydroxylation sites is 1. The molecule has 0 spiro atoms. The average Bonchev–Trinajstić information content (AvgIpc) is 3.11. The minimum Gasteiger partial charge on any atom is -0.370 e. The minimum atomic E-state index is -0.502. The number of anilines is 2. The molecule has 2 amide bonds. The van der Waals surface area contributed by atoms with Crippen molar-refractivity contribution in [1.29, 1.82) is 0 Å². The molecule has 0 aliphatic carbocycles. The zero-order chi connectivity index (χ0) is 19.5. The molecule has 0 saturated carbocycles. The first-order valence-electron chi connectivity index (χ1n) is 9.65. The summed E-state index contributed by atoms with van der Waals surface area (Å²) in [6.45, 7) is 1.89. The Morgan fingerprint density at radius 1 is 1.07 bits per heavy atom. The summed E-state index contributed by atoms with van der Waals surface area (Å²) in [7, 11) is 0. The zero-order valence-corrected chi connectivity index (χ0v) is 15.7. The molecule has 4 rings (SSSR count). The van der Waals surface area contributed by atoms with Crippen LogP contribution in [0.3, 0.4) is 0 Å². The summed E-state index contributed by atoms with van der Waals surface area (Å²) in [5, 5.41) is 4.05. The number of amides is 2. The third-order valence-corrected chi connectivity index (χ3v) is 5.28. The van der Waals surface area contributed by atoms with E-state index in [2.05, 4.69) is 15.2 Å². The topological polar surface area (TPSA) is 91.2 Å². The largest absolute Gasteiger partial charge is 0.370 e. The van der Waals surface area contributed by atoms with Crippen molar-refractivity contribution >= 4 is 34.1 Å². The maximum Gasteiger partial charge on any atom is 0.248 e. The van der Waals surface area contributed by atoms with Gasteiger partial charge in [0.05, 0.1) is 17.8 Å². The van der Waals surface area contributed by atoms with Crippen LogP contribution in [0, 0.1) is 0 Å².